The van der Waals surface area contributed by atoms with Gasteiger partial charge < -0.3 is 15.2 Å². The number of methoxy groups -OCH3 is 2. The molecule has 1 unspecified atom stereocenters. The number of ether oxygens (including phenoxy) is 2. The van der Waals surface area contributed by atoms with Crippen LogP contribution >= 0.6 is 0 Å². The fraction of sp³-hybridized carbons (Fsp3) is 1.00. The molecule has 0 spiro atoms. The van der Waals surface area contributed by atoms with E-state index in [2.05, 4.69) is 6.92 Å². The van der Waals surface area contributed by atoms with Crippen molar-refractivity contribution in [1.82, 2.24) is 0 Å². The first-order valence-electron chi connectivity index (χ1n) is 7.92. The topological polar surface area (TPSA) is 44.5 Å². The molecule has 0 bridgehead atoms. The molecule has 3 heteroatoms. The van der Waals surface area contributed by atoms with Crippen molar-refractivity contribution < 1.29 is 9.47 Å². The maximum absolute atomic E-state index is 5.60. The van der Waals surface area contributed by atoms with Gasteiger partial charge in [0, 0.05) is 20.6 Å². The Bertz CT molecular complexity index is 193. The predicted molar refractivity (Wildman–Crippen MR) is 82.2 cm³/mol. The van der Waals surface area contributed by atoms with Gasteiger partial charge >= 0.3 is 0 Å². The standard InChI is InChI=1S/C16H35NO2/c1-5-10-15(12-9-14-17)11-7-6-8-13-16(2,18-3)19-4/h15H,5-14,17H2,1-4H3. The first-order valence-corrected chi connectivity index (χ1v) is 7.92. The molecule has 0 saturated heterocycles. The molecule has 19 heavy (non-hydrogen) atoms. The fourth-order valence-electron chi connectivity index (χ4n) is 2.59. The van der Waals surface area contributed by atoms with Crippen molar-refractivity contribution in [3.63, 3.8) is 0 Å². The van der Waals surface area contributed by atoms with Crippen LogP contribution in [0.5, 0.6) is 0 Å². The molecule has 1 atom stereocenters. The zero-order valence-corrected chi connectivity index (χ0v) is 13.5. The zero-order valence-electron chi connectivity index (χ0n) is 13.5. The Morgan fingerprint density at radius 1 is 0.947 bits per heavy atom. The summed E-state index contributed by atoms with van der Waals surface area (Å²) in [5.41, 5.74) is 5.60. The smallest absolute Gasteiger partial charge is 0.164 e. The average Bonchev–Trinajstić information content (AvgIpc) is 2.43. The molecule has 0 heterocycles. The van der Waals surface area contributed by atoms with Crippen molar-refractivity contribution in [2.75, 3.05) is 20.8 Å². The lowest BCUT2D eigenvalue weighted by molar-refractivity contribution is -0.197. The quantitative estimate of drug-likeness (QED) is 0.406. The van der Waals surface area contributed by atoms with Crippen molar-refractivity contribution in [2.24, 2.45) is 11.7 Å². The van der Waals surface area contributed by atoms with Crippen LogP contribution in [0.15, 0.2) is 0 Å². The number of nitrogens with two attached hydrogens (primary N) is 1. The van der Waals surface area contributed by atoms with E-state index in [0.29, 0.717) is 0 Å². The maximum Gasteiger partial charge on any atom is 0.164 e. The van der Waals surface area contributed by atoms with Gasteiger partial charge in [-0.25, -0.2) is 0 Å². The van der Waals surface area contributed by atoms with Crippen molar-refractivity contribution in [3.8, 4) is 0 Å². The lowest BCUT2D eigenvalue weighted by Crippen LogP contribution is -2.29. The lowest BCUT2D eigenvalue weighted by atomic mass is 9.91. The second-order valence-electron chi connectivity index (χ2n) is 5.73. The molecule has 0 radical (unpaired) electrons. The minimum atomic E-state index is -0.400. The molecule has 0 fully saturated rings. The van der Waals surface area contributed by atoms with Crippen LogP contribution in [0.3, 0.4) is 0 Å². The Morgan fingerprint density at radius 3 is 2.11 bits per heavy atom. The Hall–Kier alpha value is -0.120. The molecule has 0 rings (SSSR count). The molecule has 0 aliphatic rings. The van der Waals surface area contributed by atoms with E-state index >= 15 is 0 Å². The molecule has 116 valence electrons. The molecule has 0 aromatic rings. The van der Waals surface area contributed by atoms with E-state index in [0.717, 1.165) is 18.9 Å². The summed E-state index contributed by atoms with van der Waals surface area (Å²) < 4.78 is 10.7. The lowest BCUT2D eigenvalue weighted by Gasteiger charge is -2.26. The highest BCUT2D eigenvalue weighted by Gasteiger charge is 2.21. The van der Waals surface area contributed by atoms with Gasteiger partial charge in [0.15, 0.2) is 5.79 Å². The summed E-state index contributed by atoms with van der Waals surface area (Å²) in [6, 6.07) is 0. The van der Waals surface area contributed by atoms with E-state index in [1.165, 1.54) is 51.4 Å². The number of unbranched alkanes of at least 4 members (excludes halogenated alkanes) is 2. The summed E-state index contributed by atoms with van der Waals surface area (Å²) in [5.74, 6) is 0.479. The largest absolute Gasteiger partial charge is 0.353 e. The Balaban J connectivity index is 3.69. The molecule has 0 aromatic heterocycles. The molecule has 3 nitrogen and oxygen atoms in total. The minimum Gasteiger partial charge on any atom is -0.353 e. The first kappa shape index (κ1) is 18.9. The van der Waals surface area contributed by atoms with Gasteiger partial charge in [0.05, 0.1) is 0 Å². The van der Waals surface area contributed by atoms with Crippen LogP contribution < -0.4 is 5.73 Å². The van der Waals surface area contributed by atoms with Crippen molar-refractivity contribution in [3.05, 3.63) is 0 Å². The molecular formula is C16H35NO2. The Labute approximate surface area is 120 Å². The predicted octanol–water partition coefficient (Wildman–Crippen LogP) is 4.10. The second kappa shape index (κ2) is 11.7. The molecule has 0 aliphatic carbocycles. The van der Waals surface area contributed by atoms with Crippen LogP contribution in [-0.4, -0.2) is 26.6 Å². The average molecular weight is 273 g/mol. The van der Waals surface area contributed by atoms with Gasteiger partial charge in [-0.2, -0.15) is 0 Å². The number of hydrogen-bond acceptors (Lipinski definition) is 3. The highest BCUT2D eigenvalue weighted by Crippen LogP contribution is 2.23. The Kier molecular flexibility index (Phi) is 11.6. The number of hydrogen-bond donors (Lipinski definition) is 1. The van der Waals surface area contributed by atoms with Gasteiger partial charge in [0.1, 0.15) is 0 Å². The van der Waals surface area contributed by atoms with Crippen molar-refractivity contribution >= 4 is 0 Å². The maximum atomic E-state index is 5.60. The zero-order chi connectivity index (χ0) is 14.6. The van der Waals surface area contributed by atoms with Gasteiger partial charge in [0.25, 0.3) is 0 Å². The van der Waals surface area contributed by atoms with Gasteiger partial charge in [0.2, 0.25) is 0 Å². The SMILES string of the molecule is CCCC(CCCN)CCCCCC(C)(OC)OC. The van der Waals surface area contributed by atoms with Crippen LogP contribution in [0.4, 0.5) is 0 Å². The third-order valence-electron chi connectivity index (χ3n) is 4.12. The van der Waals surface area contributed by atoms with Crippen LogP contribution in [-0.2, 0) is 9.47 Å². The normalized spacial score (nSPS) is 13.7. The second-order valence-corrected chi connectivity index (χ2v) is 5.73. The van der Waals surface area contributed by atoms with E-state index < -0.39 is 5.79 Å². The summed E-state index contributed by atoms with van der Waals surface area (Å²) in [7, 11) is 3.43. The molecular weight excluding hydrogens is 238 g/mol. The van der Waals surface area contributed by atoms with Gasteiger partial charge in [-0.3, -0.25) is 0 Å². The van der Waals surface area contributed by atoms with Crippen molar-refractivity contribution in [2.45, 2.75) is 77.4 Å². The third kappa shape index (κ3) is 9.42. The summed E-state index contributed by atoms with van der Waals surface area (Å²) in [5, 5.41) is 0. The summed E-state index contributed by atoms with van der Waals surface area (Å²) in [6.45, 7) is 5.12. The van der Waals surface area contributed by atoms with Crippen molar-refractivity contribution in [1.29, 1.82) is 0 Å². The van der Waals surface area contributed by atoms with Crippen LogP contribution in [0.25, 0.3) is 0 Å². The monoisotopic (exact) mass is 273 g/mol. The fourth-order valence-corrected chi connectivity index (χ4v) is 2.59. The summed E-state index contributed by atoms with van der Waals surface area (Å²) in [4.78, 5) is 0. The minimum absolute atomic E-state index is 0.400. The first-order chi connectivity index (χ1) is 9.11. The van der Waals surface area contributed by atoms with E-state index in [4.69, 9.17) is 15.2 Å². The van der Waals surface area contributed by atoms with E-state index in [9.17, 15) is 0 Å². The molecule has 0 saturated carbocycles. The Morgan fingerprint density at radius 2 is 1.58 bits per heavy atom. The molecule has 0 amide bonds. The number of rotatable bonds is 13. The molecule has 0 aliphatic heterocycles. The van der Waals surface area contributed by atoms with Crippen LogP contribution in [0, 0.1) is 5.92 Å². The van der Waals surface area contributed by atoms with Gasteiger partial charge in [-0.05, 0) is 38.6 Å². The highest BCUT2D eigenvalue weighted by atomic mass is 16.7. The van der Waals surface area contributed by atoms with Crippen LogP contribution in [0.2, 0.25) is 0 Å². The van der Waals surface area contributed by atoms with Crippen LogP contribution in [0.1, 0.15) is 71.6 Å². The third-order valence-corrected chi connectivity index (χ3v) is 4.12. The van der Waals surface area contributed by atoms with Gasteiger partial charge in [-0.15, -0.1) is 0 Å². The summed E-state index contributed by atoms with van der Waals surface area (Å²) >= 11 is 0. The van der Waals surface area contributed by atoms with E-state index in [1.54, 1.807) is 14.2 Å². The molecule has 0 aromatic carbocycles. The molecule has 2 N–H and O–H groups in total. The summed E-state index contributed by atoms with van der Waals surface area (Å²) in [6.07, 6.45) is 11.2. The van der Waals surface area contributed by atoms with Gasteiger partial charge in [-0.1, -0.05) is 39.0 Å². The van der Waals surface area contributed by atoms with E-state index in [1.807, 2.05) is 6.92 Å². The van der Waals surface area contributed by atoms with E-state index in [-0.39, 0.29) is 0 Å². The highest BCUT2D eigenvalue weighted by molar-refractivity contribution is 4.64.